The molecule has 25 heavy (non-hydrogen) atoms. The van der Waals surface area contributed by atoms with Crippen molar-refractivity contribution in [2.75, 3.05) is 33.2 Å². The van der Waals surface area contributed by atoms with Crippen LogP contribution < -0.4 is 0 Å². The van der Waals surface area contributed by atoms with Gasteiger partial charge >= 0.3 is 0 Å². The van der Waals surface area contributed by atoms with E-state index >= 15 is 0 Å². The topological polar surface area (TPSA) is 45.4 Å². The van der Waals surface area contributed by atoms with Gasteiger partial charge in [-0.05, 0) is 69.9 Å². The maximum atomic E-state index is 5.54. The first kappa shape index (κ1) is 16.7. The van der Waals surface area contributed by atoms with Crippen molar-refractivity contribution in [1.29, 1.82) is 0 Å². The number of likely N-dealkylation sites (tertiary alicyclic amines) is 2. The van der Waals surface area contributed by atoms with Gasteiger partial charge in [-0.1, -0.05) is 30.3 Å². The summed E-state index contributed by atoms with van der Waals surface area (Å²) in [5.41, 5.74) is 1.42. The molecule has 2 aliphatic heterocycles. The summed E-state index contributed by atoms with van der Waals surface area (Å²) in [5.74, 6) is 1.47. The molecule has 0 amide bonds. The van der Waals surface area contributed by atoms with Crippen LogP contribution in [0.15, 0.2) is 34.9 Å². The van der Waals surface area contributed by atoms with E-state index in [-0.39, 0.29) is 6.04 Å². The van der Waals surface area contributed by atoms with Crippen LogP contribution in [0.25, 0.3) is 11.5 Å². The van der Waals surface area contributed by atoms with Crippen molar-refractivity contribution in [2.45, 2.75) is 38.6 Å². The van der Waals surface area contributed by atoms with E-state index in [1.165, 1.54) is 38.9 Å². The van der Waals surface area contributed by atoms with Gasteiger partial charge in [0, 0.05) is 12.1 Å². The highest BCUT2D eigenvalue weighted by Crippen LogP contribution is 2.47. The Balaban J connectivity index is 1.47. The van der Waals surface area contributed by atoms with Crippen molar-refractivity contribution in [3.05, 3.63) is 36.2 Å². The molecule has 0 aliphatic carbocycles. The van der Waals surface area contributed by atoms with Gasteiger partial charge in [0.2, 0.25) is 0 Å². The molecule has 4 rings (SSSR count). The van der Waals surface area contributed by atoms with Crippen molar-refractivity contribution in [3.63, 3.8) is 0 Å². The predicted molar refractivity (Wildman–Crippen MR) is 98.1 cm³/mol. The van der Waals surface area contributed by atoms with Crippen molar-refractivity contribution in [2.24, 2.45) is 5.41 Å². The summed E-state index contributed by atoms with van der Waals surface area (Å²) in [5, 5.41) is 4.31. The lowest BCUT2D eigenvalue weighted by Crippen LogP contribution is -2.41. The van der Waals surface area contributed by atoms with Crippen molar-refractivity contribution in [3.8, 4) is 11.5 Å². The molecule has 2 aliphatic rings. The summed E-state index contributed by atoms with van der Waals surface area (Å²) in [4.78, 5) is 9.74. The number of aromatic nitrogens is 2. The fourth-order valence-electron chi connectivity index (χ4n) is 4.56. The molecule has 1 aromatic carbocycles. The molecule has 0 radical (unpaired) electrons. The quantitative estimate of drug-likeness (QED) is 0.851. The van der Waals surface area contributed by atoms with E-state index in [0.29, 0.717) is 11.3 Å². The molecule has 0 saturated carbocycles. The SMILES string of the molecule is CCCN1CCC2(CC1)CC(c1noc(-c3ccccc3)n1)N(C)C2. The molecule has 5 nitrogen and oxygen atoms in total. The van der Waals surface area contributed by atoms with Crippen molar-refractivity contribution >= 4 is 0 Å². The zero-order valence-electron chi connectivity index (χ0n) is 15.3. The van der Waals surface area contributed by atoms with Gasteiger partial charge in [-0.2, -0.15) is 4.98 Å². The Bertz CT molecular complexity index is 691. The zero-order valence-corrected chi connectivity index (χ0v) is 15.3. The Morgan fingerprint density at radius 2 is 1.96 bits per heavy atom. The van der Waals surface area contributed by atoms with E-state index in [1.54, 1.807) is 0 Å². The highest BCUT2D eigenvalue weighted by molar-refractivity contribution is 5.52. The van der Waals surface area contributed by atoms with Gasteiger partial charge in [0.05, 0.1) is 6.04 Å². The molecule has 1 unspecified atom stereocenters. The molecule has 1 spiro atoms. The minimum absolute atomic E-state index is 0.277. The Morgan fingerprint density at radius 1 is 1.20 bits per heavy atom. The fourth-order valence-corrected chi connectivity index (χ4v) is 4.56. The largest absolute Gasteiger partial charge is 0.334 e. The normalized spacial score (nSPS) is 24.2. The Morgan fingerprint density at radius 3 is 2.68 bits per heavy atom. The summed E-state index contributed by atoms with van der Waals surface area (Å²) >= 11 is 0. The molecule has 2 fully saturated rings. The van der Waals surface area contributed by atoms with Gasteiger partial charge in [-0.3, -0.25) is 4.90 Å². The standard InChI is InChI=1S/C20H28N4O/c1-3-11-24-12-9-20(10-13-24)14-17(23(2)15-20)18-21-19(25-22-18)16-7-5-4-6-8-16/h4-8,17H,3,9-15H2,1-2H3. The number of benzene rings is 1. The molecular weight excluding hydrogens is 312 g/mol. The zero-order chi connectivity index (χ0) is 17.3. The van der Waals surface area contributed by atoms with Crippen LogP contribution in [0.1, 0.15) is 44.5 Å². The Labute approximate surface area is 150 Å². The molecule has 1 atom stereocenters. The van der Waals surface area contributed by atoms with Crippen LogP contribution >= 0.6 is 0 Å². The third kappa shape index (κ3) is 3.35. The maximum Gasteiger partial charge on any atom is 0.257 e. The van der Waals surface area contributed by atoms with Crippen LogP contribution in [-0.4, -0.2) is 53.2 Å². The summed E-state index contributed by atoms with van der Waals surface area (Å²) in [6.45, 7) is 7.11. The van der Waals surface area contributed by atoms with Crippen LogP contribution in [0, 0.1) is 5.41 Å². The van der Waals surface area contributed by atoms with Crippen LogP contribution in [0.4, 0.5) is 0 Å². The Hall–Kier alpha value is -1.72. The van der Waals surface area contributed by atoms with E-state index in [9.17, 15) is 0 Å². The lowest BCUT2D eigenvalue weighted by atomic mass is 9.76. The van der Waals surface area contributed by atoms with E-state index in [2.05, 4.69) is 28.9 Å². The first-order chi connectivity index (χ1) is 12.2. The smallest absolute Gasteiger partial charge is 0.257 e. The number of nitrogens with zero attached hydrogens (tertiary/aromatic N) is 4. The third-order valence-electron chi connectivity index (χ3n) is 5.96. The van der Waals surface area contributed by atoms with E-state index in [1.807, 2.05) is 30.3 Å². The van der Waals surface area contributed by atoms with Gasteiger partial charge in [0.1, 0.15) is 0 Å². The highest BCUT2D eigenvalue weighted by atomic mass is 16.5. The molecule has 134 valence electrons. The van der Waals surface area contributed by atoms with Crippen molar-refractivity contribution < 1.29 is 4.52 Å². The predicted octanol–water partition coefficient (Wildman–Crippen LogP) is 3.61. The Kier molecular flexibility index (Phi) is 4.61. The van der Waals surface area contributed by atoms with Crippen LogP contribution in [-0.2, 0) is 0 Å². The lowest BCUT2D eigenvalue weighted by Gasteiger charge is -2.39. The monoisotopic (exact) mass is 340 g/mol. The number of hydrogen-bond acceptors (Lipinski definition) is 5. The second-order valence-corrected chi connectivity index (χ2v) is 7.80. The molecule has 5 heteroatoms. The maximum absolute atomic E-state index is 5.54. The molecule has 0 bridgehead atoms. The molecular formula is C20H28N4O. The van der Waals surface area contributed by atoms with Gasteiger partial charge in [-0.25, -0.2) is 0 Å². The first-order valence-electron chi connectivity index (χ1n) is 9.51. The average Bonchev–Trinajstić information content (AvgIpc) is 3.23. The van der Waals surface area contributed by atoms with Gasteiger partial charge in [0.15, 0.2) is 5.82 Å². The molecule has 0 N–H and O–H groups in total. The van der Waals surface area contributed by atoms with Crippen LogP contribution in [0.2, 0.25) is 0 Å². The number of rotatable bonds is 4. The van der Waals surface area contributed by atoms with E-state index in [4.69, 9.17) is 9.51 Å². The van der Waals surface area contributed by atoms with Crippen LogP contribution in [0.5, 0.6) is 0 Å². The lowest BCUT2D eigenvalue weighted by molar-refractivity contribution is 0.110. The van der Waals surface area contributed by atoms with Crippen molar-refractivity contribution in [1.82, 2.24) is 19.9 Å². The molecule has 1 aromatic heterocycles. The van der Waals surface area contributed by atoms with Gasteiger partial charge in [0.25, 0.3) is 5.89 Å². The summed E-state index contributed by atoms with van der Waals surface area (Å²) in [6.07, 6.45) is 4.98. The number of piperidine rings is 1. The van der Waals surface area contributed by atoms with E-state index in [0.717, 1.165) is 24.4 Å². The summed E-state index contributed by atoms with van der Waals surface area (Å²) < 4.78 is 5.54. The first-order valence-corrected chi connectivity index (χ1v) is 9.51. The molecule has 2 saturated heterocycles. The highest BCUT2D eigenvalue weighted by Gasteiger charge is 2.46. The average molecular weight is 340 g/mol. The van der Waals surface area contributed by atoms with Gasteiger partial charge in [-0.15, -0.1) is 0 Å². The second-order valence-electron chi connectivity index (χ2n) is 7.80. The minimum atomic E-state index is 0.277. The third-order valence-corrected chi connectivity index (χ3v) is 5.96. The van der Waals surface area contributed by atoms with Gasteiger partial charge < -0.3 is 9.42 Å². The van der Waals surface area contributed by atoms with Crippen LogP contribution in [0.3, 0.4) is 0 Å². The molecule has 2 aromatic rings. The van der Waals surface area contributed by atoms with E-state index < -0.39 is 0 Å². The second kappa shape index (κ2) is 6.89. The summed E-state index contributed by atoms with van der Waals surface area (Å²) in [7, 11) is 2.20. The summed E-state index contributed by atoms with van der Waals surface area (Å²) in [6, 6.07) is 10.3. The number of hydrogen-bond donors (Lipinski definition) is 0. The molecule has 3 heterocycles. The minimum Gasteiger partial charge on any atom is -0.334 e. The fraction of sp³-hybridized carbons (Fsp3) is 0.600.